The number of hydrogen-bond donors (Lipinski definition) is 1. The second-order valence-corrected chi connectivity index (χ2v) is 3.67. The van der Waals surface area contributed by atoms with Gasteiger partial charge in [-0.25, -0.2) is 9.97 Å². The summed E-state index contributed by atoms with van der Waals surface area (Å²) in [5, 5.41) is 0.915. The van der Waals surface area contributed by atoms with Crippen molar-refractivity contribution in [1.82, 2.24) is 9.97 Å². The number of fused-ring (bicyclic) bond motifs is 1. The van der Waals surface area contributed by atoms with E-state index in [1.54, 1.807) is 0 Å². The summed E-state index contributed by atoms with van der Waals surface area (Å²) < 4.78 is 1.15. The van der Waals surface area contributed by atoms with E-state index >= 15 is 0 Å². The van der Waals surface area contributed by atoms with Crippen LogP contribution in [-0.4, -0.2) is 9.97 Å². The first kappa shape index (κ1) is 7.72. The lowest BCUT2D eigenvalue weighted by Crippen LogP contribution is -1.92. The van der Waals surface area contributed by atoms with Crippen molar-refractivity contribution in [1.29, 1.82) is 0 Å². The molecule has 12 heavy (non-hydrogen) atoms. The lowest BCUT2D eigenvalue weighted by Gasteiger charge is -1.98. The van der Waals surface area contributed by atoms with Crippen LogP contribution in [0.4, 0.5) is 5.82 Å². The number of anilines is 1. The van der Waals surface area contributed by atoms with Gasteiger partial charge in [-0.1, -0.05) is 0 Å². The number of nitrogen functional groups attached to an aromatic ring is 1. The molecular formula is C8H6IN3. The Bertz CT molecular complexity index is 428. The third kappa shape index (κ3) is 1.22. The molecule has 1 aromatic carbocycles. The molecule has 2 aromatic rings. The minimum absolute atomic E-state index is 0.538. The van der Waals surface area contributed by atoms with Crippen LogP contribution in [0.2, 0.25) is 0 Å². The lowest BCUT2D eigenvalue weighted by atomic mass is 10.2. The Kier molecular flexibility index (Phi) is 1.84. The predicted molar refractivity (Wildman–Crippen MR) is 56.7 cm³/mol. The van der Waals surface area contributed by atoms with Gasteiger partial charge in [0.2, 0.25) is 0 Å². The summed E-state index contributed by atoms with van der Waals surface area (Å²) in [5.41, 5.74) is 6.55. The van der Waals surface area contributed by atoms with E-state index < -0.39 is 0 Å². The van der Waals surface area contributed by atoms with Crippen molar-refractivity contribution in [2.75, 3.05) is 5.73 Å². The van der Waals surface area contributed by atoms with Crippen LogP contribution in [0.5, 0.6) is 0 Å². The van der Waals surface area contributed by atoms with Crippen LogP contribution in [0, 0.1) is 3.57 Å². The Hall–Kier alpha value is -0.910. The Morgan fingerprint density at radius 1 is 1.25 bits per heavy atom. The first-order valence-electron chi connectivity index (χ1n) is 3.43. The van der Waals surface area contributed by atoms with Crippen molar-refractivity contribution in [3.63, 3.8) is 0 Å². The number of halogens is 1. The quantitative estimate of drug-likeness (QED) is 0.743. The average Bonchev–Trinajstić information content (AvgIpc) is 2.04. The Morgan fingerprint density at radius 3 is 2.92 bits per heavy atom. The molecule has 0 aliphatic carbocycles. The van der Waals surface area contributed by atoms with E-state index in [2.05, 4.69) is 32.6 Å². The fourth-order valence-electron chi connectivity index (χ4n) is 1.05. The van der Waals surface area contributed by atoms with Crippen molar-refractivity contribution < 1.29 is 0 Å². The molecule has 4 heteroatoms. The van der Waals surface area contributed by atoms with E-state index in [0.717, 1.165) is 14.5 Å². The summed E-state index contributed by atoms with van der Waals surface area (Å²) in [6.07, 6.45) is 1.48. The van der Waals surface area contributed by atoms with Crippen molar-refractivity contribution in [3.05, 3.63) is 28.1 Å². The SMILES string of the molecule is Nc1ncnc2cc(I)ccc12. The van der Waals surface area contributed by atoms with Crippen molar-refractivity contribution in [2.45, 2.75) is 0 Å². The monoisotopic (exact) mass is 271 g/mol. The highest BCUT2D eigenvalue weighted by atomic mass is 127. The molecule has 0 aliphatic heterocycles. The van der Waals surface area contributed by atoms with E-state index in [0.29, 0.717) is 5.82 Å². The molecule has 2 N–H and O–H groups in total. The third-order valence-corrected chi connectivity index (χ3v) is 2.30. The Balaban J connectivity index is 2.86. The standard InChI is InChI=1S/C8H6IN3/c9-5-1-2-6-7(3-5)11-4-12-8(6)10/h1-4H,(H2,10,11,12). The maximum atomic E-state index is 5.65. The molecule has 1 aromatic heterocycles. The van der Waals surface area contributed by atoms with Crippen molar-refractivity contribution >= 4 is 39.3 Å². The van der Waals surface area contributed by atoms with E-state index in [1.165, 1.54) is 6.33 Å². The minimum atomic E-state index is 0.538. The zero-order valence-corrected chi connectivity index (χ0v) is 8.32. The Labute approximate surface area is 83.2 Å². The first-order chi connectivity index (χ1) is 5.77. The zero-order chi connectivity index (χ0) is 8.55. The number of rotatable bonds is 0. The van der Waals surface area contributed by atoms with Gasteiger partial charge in [0.15, 0.2) is 0 Å². The molecule has 0 spiro atoms. The second-order valence-electron chi connectivity index (χ2n) is 2.42. The summed E-state index contributed by atoms with van der Waals surface area (Å²) in [6, 6.07) is 5.91. The predicted octanol–water partition coefficient (Wildman–Crippen LogP) is 1.82. The fourth-order valence-corrected chi connectivity index (χ4v) is 1.53. The molecule has 2 rings (SSSR count). The summed E-state index contributed by atoms with van der Waals surface area (Å²) in [5.74, 6) is 0.538. The summed E-state index contributed by atoms with van der Waals surface area (Å²) in [7, 11) is 0. The van der Waals surface area contributed by atoms with Crippen molar-refractivity contribution in [2.24, 2.45) is 0 Å². The van der Waals surface area contributed by atoms with Gasteiger partial charge in [0.05, 0.1) is 5.52 Å². The lowest BCUT2D eigenvalue weighted by molar-refractivity contribution is 1.23. The average molecular weight is 271 g/mol. The topological polar surface area (TPSA) is 51.8 Å². The van der Waals surface area contributed by atoms with Gasteiger partial charge in [-0.15, -0.1) is 0 Å². The molecule has 0 saturated heterocycles. The highest BCUT2D eigenvalue weighted by Crippen LogP contribution is 2.18. The molecule has 0 unspecified atom stereocenters. The van der Waals surface area contributed by atoms with Crippen molar-refractivity contribution in [3.8, 4) is 0 Å². The molecule has 0 amide bonds. The van der Waals surface area contributed by atoms with Gasteiger partial charge in [-0.3, -0.25) is 0 Å². The molecule has 0 saturated carbocycles. The van der Waals surface area contributed by atoms with Gasteiger partial charge in [0.1, 0.15) is 12.1 Å². The van der Waals surface area contributed by atoms with Crippen LogP contribution >= 0.6 is 22.6 Å². The number of hydrogen-bond acceptors (Lipinski definition) is 3. The fraction of sp³-hybridized carbons (Fsp3) is 0. The van der Waals surface area contributed by atoms with E-state index in [1.807, 2.05) is 18.2 Å². The maximum Gasteiger partial charge on any atom is 0.134 e. The summed E-state index contributed by atoms with van der Waals surface area (Å²) in [4.78, 5) is 8.01. The molecule has 0 aliphatic rings. The number of nitrogens with zero attached hydrogens (tertiary/aromatic N) is 2. The van der Waals surface area contributed by atoms with Gasteiger partial charge in [0.25, 0.3) is 0 Å². The molecule has 60 valence electrons. The van der Waals surface area contributed by atoms with Gasteiger partial charge >= 0.3 is 0 Å². The second kappa shape index (κ2) is 2.85. The molecule has 3 nitrogen and oxygen atoms in total. The first-order valence-corrected chi connectivity index (χ1v) is 4.51. The number of nitrogens with two attached hydrogens (primary N) is 1. The molecular weight excluding hydrogens is 265 g/mol. The van der Waals surface area contributed by atoms with E-state index in [4.69, 9.17) is 5.73 Å². The highest BCUT2D eigenvalue weighted by Gasteiger charge is 1.98. The summed E-state index contributed by atoms with van der Waals surface area (Å²) in [6.45, 7) is 0. The largest absolute Gasteiger partial charge is 0.383 e. The van der Waals surface area contributed by atoms with Gasteiger partial charge in [-0.2, -0.15) is 0 Å². The zero-order valence-electron chi connectivity index (χ0n) is 6.16. The van der Waals surface area contributed by atoms with E-state index in [9.17, 15) is 0 Å². The molecule has 0 bridgehead atoms. The Morgan fingerprint density at radius 2 is 2.08 bits per heavy atom. The smallest absolute Gasteiger partial charge is 0.134 e. The van der Waals surface area contributed by atoms with Crippen LogP contribution in [0.25, 0.3) is 10.9 Å². The van der Waals surface area contributed by atoms with Crippen LogP contribution in [0.1, 0.15) is 0 Å². The van der Waals surface area contributed by atoms with Gasteiger partial charge in [-0.05, 0) is 40.8 Å². The molecule has 0 radical (unpaired) electrons. The highest BCUT2D eigenvalue weighted by molar-refractivity contribution is 14.1. The normalized spacial score (nSPS) is 10.4. The minimum Gasteiger partial charge on any atom is -0.383 e. The number of aromatic nitrogens is 2. The van der Waals surface area contributed by atoms with Crippen LogP contribution in [-0.2, 0) is 0 Å². The van der Waals surface area contributed by atoms with E-state index in [-0.39, 0.29) is 0 Å². The third-order valence-electron chi connectivity index (χ3n) is 1.63. The maximum absolute atomic E-state index is 5.65. The summed E-state index contributed by atoms with van der Waals surface area (Å²) >= 11 is 2.24. The molecule has 1 heterocycles. The molecule has 0 fully saturated rings. The van der Waals surface area contributed by atoms with Gasteiger partial charge < -0.3 is 5.73 Å². The van der Waals surface area contributed by atoms with Crippen LogP contribution in [0.3, 0.4) is 0 Å². The van der Waals surface area contributed by atoms with Crippen LogP contribution < -0.4 is 5.73 Å². The number of benzene rings is 1. The van der Waals surface area contributed by atoms with Gasteiger partial charge in [0, 0.05) is 8.96 Å². The van der Waals surface area contributed by atoms with Crippen LogP contribution in [0.15, 0.2) is 24.5 Å². The molecule has 0 atom stereocenters.